The van der Waals surface area contributed by atoms with Crippen molar-refractivity contribution in [2.24, 2.45) is 5.73 Å². The lowest BCUT2D eigenvalue weighted by Gasteiger charge is -2.51. The molecule has 40 heavy (non-hydrogen) atoms. The second kappa shape index (κ2) is 13.1. The summed E-state index contributed by atoms with van der Waals surface area (Å²) < 4.78 is 34.6. The van der Waals surface area contributed by atoms with Crippen LogP contribution in [-0.4, -0.2) is 66.6 Å². The second-order valence-electron chi connectivity index (χ2n) is 9.13. The lowest BCUT2D eigenvalue weighted by atomic mass is 9.80. The lowest BCUT2D eigenvalue weighted by molar-refractivity contribution is -0.326. The zero-order chi connectivity index (χ0) is 29.4. The number of carbonyl (C=O) groups is 5. The number of rotatable bonds is 10. The predicted octanol–water partition coefficient (Wildman–Crippen LogP) is 1.86. The van der Waals surface area contributed by atoms with Crippen molar-refractivity contribution < 1.29 is 52.4 Å². The molecule has 1 amide bonds. The van der Waals surface area contributed by atoms with E-state index in [1.165, 1.54) is 19.1 Å². The molecule has 12 heteroatoms. The van der Waals surface area contributed by atoms with Crippen molar-refractivity contribution in [1.29, 1.82) is 0 Å². The molecule has 0 bridgehead atoms. The van der Waals surface area contributed by atoms with E-state index >= 15 is 0 Å². The van der Waals surface area contributed by atoms with Crippen molar-refractivity contribution >= 4 is 29.8 Å². The Bertz CT molecular complexity index is 1230. The van der Waals surface area contributed by atoms with Crippen molar-refractivity contribution in [2.45, 2.75) is 64.3 Å². The molecule has 1 aliphatic rings. The number of benzene rings is 2. The van der Waals surface area contributed by atoms with Gasteiger partial charge < -0.3 is 34.2 Å². The monoisotopic (exact) mass is 557 g/mol. The second-order valence-corrected chi connectivity index (χ2v) is 9.13. The van der Waals surface area contributed by atoms with E-state index in [4.69, 9.17) is 34.2 Å². The van der Waals surface area contributed by atoms with Gasteiger partial charge in [0.15, 0.2) is 12.2 Å². The number of para-hydroxylation sites is 1. The third kappa shape index (κ3) is 7.56. The summed E-state index contributed by atoms with van der Waals surface area (Å²) in [5, 5.41) is 0. The van der Waals surface area contributed by atoms with E-state index in [1.807, 2.05) is 0 Å². The molecule has 0 unspecified atom stereocenters. The molecule has 0 spiro atoms. The minimum atomic E-state index is -1.94. The molecule has 1 saturated heterocycles. The number of ether oxygens (including phenoxy) is 6. The number of hydrogen-bond acceptors (Lipinski definition) is 11. The molecule has 1 aliphatic heterocycles. The Balaban J connectivity index is 2.22. The van der Waals surface area contributed by atoms with Crippen LogP contribution in [-0.2, 0) is 49.3 Å². The molecular weight excluding hydrogens is 526 g/mol. The fourth-order valence-corrected chi connectivity index (χ4v) is 4.42. The Kier molecular flexibility index (Phi) is 9.83. The quantitative estimate of drug-likeness (QED) is 0.334. The molecule has 2 N–H and O–H groups in total. The Labute approximate surface area is 230 Å². The van der Waals surface area contributed by atoms with Crippen molar-refractivity contribution in [3.05, 3.63) is 65.7 Å². The van der Waals surface area contributed by atoms with Crippen LogP contribution in [0, 0.1) is 0 Å². The van der Waals surface area contributed by atoms with Crippen LogP contribution in [0.4, 0.5) is 0 Å². The molecule has 3 rings (SSSR count). The Morgan fingerprint density at radius 1 is 0.825 bits per heavy atom. The van der Waals surface area contributed by atoms with Crippen LogP contribution in [0.2, 0.25) is 0 Å². The van der Waals surface area contributed by atoms with Gasteiger partial charge in [-0.2, -0.15) is 0 Å². The van der Waals surface area contributed by atoms with Gasteiger partial charge in [-0.1, -0.05) is 30.3 Å². The van der Waals surface area contributed by atoms with Crippen LogP contribution in [0.1, 0.15) is 43.6 Å². The first-order valence-corrected chi connectivity index (χ1v) is 12.3. The summed E-state index contributed by atoms with van der Waals surface area (Å²) in [7, 11) is 0. The molecule has 0 radical (unpaired) electrons. The zero-order valence-electron chi connectivity index (χ0n) is 22.5. The summed E-state index contributed by atoms with van der Waals surface area (Å²) >= 11 is 0. The van der Waals surface area contributed by atoms with Crippen LogP contribution < -0.4 is 10.5 Å². The molecule has 12 nitrogen and oxygen atoms in total. The summed E-state index contributed by atoms with van der Waals surface area (Å²) in [6.45, 7) is 4.20. The Morgan fingerprint density at radius 2 is 1.45 bits per heavy atom. The maximum absolute atomic E-state index is 12.6. The van der Waals surface area contributed by atoms with Crippen molar-refractivity contribution in [3.63, 3.8) is 0 Å². The molecule has 2 aromatic rings. The molecule has 5 atom stereocenters. The number of carbonyl (C=O) groups excluding carboxylic acids is 5. The molecule has 0 aromatic heterocycles. The number of nitrogens with two attached hydrogens (primary N) is 1. The predicted molar refractivity (Wildman–Crippen MR) is 137 cm³/mol. The van der Waals surface area contributed by atoms with E-state index in [1.54, 1.807) is 42.5 Å². The van der Waals surface area contributed by atoms with Gasteiger partial charge in [0, 0.05) is 39.7 Å². The van der Waals surface area contributed by atoms with Crippen molar-refractivity contribution in [3.8, 4) is 5.75 Å². The van der Waals surface area contributed by atoms with Crippen LogP contribution in [0.15, 0.2) is 54.6 Å². The molecular formula is C28H31NO11. The highest BCUT2D eigenvalue weighted by Gasteiger charge is 2.64. The van der Waals surface area contributed by atoms with Gasteiger partial charge in [0.2, 0.25) is 17.8 Å². The molecule has 0 saturated carbocycles. The molecule has 214 valence electrons. The lowest BCUT2D eigenvalue weighted by Crippen LogP contribution is -2.72. The number of primary amides is 1. The van der Waals surface area contributed by atoms with Gasteiger partial charge in [-0.25, -0.2) is 0 Å². The fraction of sp³-hybridized carbons (Fsp3) is 0.393. The van der Waals surface area contributed by atoms with Crippen LogP contribution in [0.3, 0.4) is 0 Å². The van der Waals surface area contributed by atoms with E-state index in [9.17, 15) is 24.0 Å². The third-order valence-corrected chi connectivity index (χ3v) is 5.93. The van der Waals surface area contributed by atoms with E-state index in [-0.39, 0.29) is 12.0 Å². The normalized spacial score (nSPS) is 23.8. The average molecular weight is 558 g/mol. The topological polar surface area (TPSA) is 167 Å². The van der Waals surface area contributed by atoms with Gasteiger partial charge in [-0.15, -0.1) is 0 Å². The van der Waals surface area contributed by atoms with Crippen molar-refractivity contribution in [1.82, 2.24) is 0 Å². The zero-order valence-corrected chi connectivity index (χ0v) is 22.5. The van der Waals surface area contributed by atoms with E-state index < -0.39 is 66.6 Å². The maximum atomic E-state index is 12.6. The first-order valence-electron chi connectivity index (χ1n) is 12.3. The number of hydrogen-bond donors (Lipinski definition) is 1. The third-order valence-electron chi connectivity index (χ3n) is 5.93. The standard InChI is InChI=1S/C28H31NO11/c1-16(30)35-15-23-24(36-17(2)31)25(37-18(3)32)28(40-19(4)33,14-20-10-12-21(13-11-20)26(29)34)27(39-23)38-22-8-6-5-7-9-22/h5-13,23-25,27H,14-15H2,1-4H3,(H2,29,34)/t23-,24-,25+,27+,28-/m1/s1. The van der Waals surface area contributed by atoms with Gasteiger partial charge in [0.05, 0.1) is 0 Å². The summed E-state index contributed by atoms with van der Waals surface area (Å²) in [6.07, 6.45) is -5.71. The van der Waals surface area contributed by atoms with Crippen LogP contribution in [0.5, 0.6) is 5.75 Å². The summed E-state index contributed by atoms with van der Waals surface area (Å²) in [5.41, 5.74) is 4.17. The highest BCUT2D eigenvalue weighted by Crippen LogP contribution is 2.41. The summed E-state index contributed by atoms with van der Waals surface area (Å²) in [5.74, 6) is -3.30. The molecule has 1 heterocycles. The SMILES string of the molecule is CC(=O)OC[C@H]1O[C@H](Oc2ccccc2)[C@](Cc2ccc(C(N)=O)cc2)(OC(C)=O)[C@@H](OC(C)=O)[C@@H]1OC(C)=O. The smallest absolute Gasteiger partial charge is 0.303 e. The van der Waals surface area contributed by atoms with Crippen molar-refractivity contribution in [2.75, 3.05) is 6.61 Å². The fourth-order valence-electron chi connectivity index (χ4n) is 4.42. The molecule has 1 fully saturated rings. The maximum Gasteiger partial charge on any atom is 0.303 e. The first kappa shape index (κ1) is 30.1. The largest absolute Gasteiger partial charge is 0.463 e. The summed E-state index contributed by atoms with van der Waals surface area (Å²) in [6, 6.07) is 14.5. The molecule has 2 aromatic carbocycles. The van der Waals surface area contributed by atoms with Crippen LogP contribution in [0.25, 0.3) is 0 Å². The van der Waals surface area contributed by atoms with Gasteiger partial charge in [0.1, 0.15) is 18.5 Å². The van der Waals surface area contributed by atoms with Gasteiger partial charge in [0.25, 0.3) is 0 Å². The highest BCUT2D eigenvalue weighted by molar-refractivity contribution is 5.92. The minimum absolute atomic E-state index is 0.181. The van der Waals surface area contributed by atoms with E-state index in [0.717, 1.165) is 20.8 Å². The molecule has 0 aliphatic carbocycles. The van der Waals surface area contributed by atoms with E-state index in [0.29, 0.717) is 11.3 Å². The van der Waals surface area contributed by atoms with E-state index in [2.05, 4.69) is 0 Å². The minimum Gasteiger partial charge on any atom is -0.463 e. The first-order chi connectivity index (χ1) is 18.9. The number of esters is 4. The number of amides is 1. The van der Waals surface area contributed by atoms with Crippen LogP contribution >= 0.6 is 0 Å². The Hall–Kier alpha value is -4.45. The highest BCUT2D eigenvalue weighted by atomic mass is 16.7. The van der Waals surface area contributed by atoms with Gasteiger partial charge in [-0.05, 0) is 29.8 Å². The average Bonchev–Trinajstić information content (AvgIpc) is 2.87. The Morgan fingerprint density at radius 3 is 1.98 bits per heavy atom. The van der Waals surface area contributed by atoms with Gasteiger partial charge in [-0.3, -0.25) is 24.0 Å². The summed E-state index contributed by atoms with van der Waals surface area (Å²) in [4.78, 5) is 60.4. The van der Waals surface area contributed by atoms with Gasteiger partial charge >= 0.3 is 23.9 Å².